The summed E-state index contributed by atoms with van der Waals surface area (Å²) in [6, 6.07) is -1.53. The van der Waals surface area contributed by atoms with Crippen molar-refractivity contribution in [2.75, 3.05) is 13.2 Å². The van der Waals surface area contributed by atoms with E-state index >= 15 is 0 Å². The van der Waals surface area contributed by atoms with E-state index < -0.39 is 142 Å². The van der Waals surface area contributed by atoms with Crippen molar-refractivity contribution < 1.29 is 94.1 Å². The molecule has 12 N–H and O–H groups in total. The van der Waals surface area contributed by atoms with Gasteiger partial charge in [-0.2, -0.15) is 0 Å². The molecule has 4 aliphatic rings. The molecule has 4 heterocycles. The second-order valence-electron chi connectivity index (χ2n) is 11.8. The van der Waals surface area contributed by atoms with Crippen LogP contribution in [0.2, 0.25) is 0 Å². The van der Waals surface area contributed by atoms with Gasteiger partial charge in [-0.3, -0.25) is 4.79 Å². The molecule has 0 aromatic carbocycles. The van der Waals surface area contributed by atoms with E-state index in [2.05, 4.69) is 5.32 Å². The molecule has 0 unspecified atom stereocenters. The van der Waals surface area contributed by atoms with Crippen molar-refractivity contribution >= 4 is 5.91 Å². The second-order valence-corrected chi connectivity index (χ2v) is 11.8. The number of rotatable bonds is 9. The molecule has 4 fully saturated rings. The van der Waals surface area contributed by atoms with E-state index in [1.165, 1.54) is 13.8 Å². The van der Waals surface area contributed by atoms with Crippen molar-refractivity contribution in [3.05, 3.63) is 0 Å². The van der Waals surface area contributed by atoms with Gasteiger partial charge in [0.15, 0.2) is 25.2 Å². The normalized spacial score (nSPS) is 51.9. The molecule has 0 radical (unpaired) electrons. The Morgan fingerprint density at radius 2 is 1.11 bits per heavy atom. The molecule has 4 saturated heterocycles. The third kappa shape index (κ3) is 7.64. The van der Waals surface area contributed by atoms with Gasteiger partial charge in [-0.05, 0) is 13.8 Å². The average Bonchev–Trinajstić information content (AvgIpc) is 3.01. The van der Waals surface area contributed by atoms with E-state index in [0.717, 1.165) is 6.92 Å². The van der Waals surface area contributed by atoms with Gasteiger partial charge in [-0.25, -0.2) is 0 Å². The molecule has 1 amide bonds. The molecule has 0 aliphatic carbocycles. The molecule has 0 bridgehead atoms. The molecule has 20 atom stereocenters. The number of amides is 1. The summed E-state index contributed by atoms with van der Waals surface area (Å²) in [7, 11) is 0. The van der Waals surface area contributed by atoms with E-state index in [4.69, 9.17) is 33.2 Å². The first-order valence-corrected chi connectivity index (χ1v) is 14.8. The fourth-order valence-electron chi connectivity index (χ4n) is 5.81. The number of carbonyl (C=O) groups is 1. The molecule has 0 aromatic heterocycles. The van der Waals surface area contributed by atoms with E-state index in [1.807, 2.05) is 0 Å². The summed E-state index contributed by atoms with van der Waals surface area (Å²) in [6.45, 7) is 2.16. The molecule has 20 heteroatoms. The summed E-state index contributed by atoms with van der Waals surface area (Å²) in [6.07, 6.45) is -31.1. The monoisotopic (exact) mass is 675 g/mol. The van der Waals surface area contributed by atoms with Gasteiger partial charge in [0.1, 0.15) is 85.4 Å². The maximum atomic E-state index is 12.3. The molecular formula is C26H45NO19. The summed E-state index contributed by atoms with van der Waals surface area (Å²) in [5.74, 6) is -0.715. The largest absolute Gasteiger partial charge is 0.394 e. The van der Waals surface area contributed by atoms with E-state index in [1.54, 1.807) is 0 Å². The highest BCUT2D eigenvalue weighted by molar-refractivity contribution is 5.73. The number of carbonyl (C=O) groups excluding carboxylic acids is 1. The molecule has 0 spiro atoms. The lowest BCUT2D eigenvalue weighted by molar-refractivity contribution is -0.385. The first-order valence-electron chi connectivity index (χ1n) is 14.8. The number of hydrogen-bond acceptors (Lipinski definition) is 19. The van der Waals surface area contributed by atoms with Gasteiger partial charge < -0.3 is 94.6 Å². The van der Waals surface area contributed by atoms with Crippen LogP contribution in [0.25, 0.3) is 0 Å². The number of aliphatic hydroxyl groups excluding tert-OH is 11. The highest BCUT2D eigenvalue weighted by Crippen LogP contribution is 2.34. The van der Waals surface area contributed by atoms with Crippen LogP contribution < -0.4 is 5.32 Å². The fourth-order valence-corrected chi connectivity index (χ4v) is 5.81. The maximum Gasteiger partial charge on any atom is 0.217 e. The Balaban J connectivity index is 1.65. The first-order chi connectivity index (χ1) is 21.6. The molecular weight excluding hydrogens is 630 g/mol. The van der Waals surface area contributed by atoms with Crippen molar-refractivity contribution in [3.8, 4) is 0 Å². The lowest BCUT2D eigenvalue weighted by Gasteiger charge is -2.50. The predicted octanol–water partition coefficient (Wildman–Crippen LogP) is -7.55. The van der Waals surface area contributed by atoms with Crippen LogP contribution in [0.4, 0.5) is 0 Å². The van der Waals surface area contributed by atoms with E-state index in [-0.39, 0.29) is 0 Å². The Bertz CT molecular complexity index is 983. The molecule has 46 heavy (non-hydrogen) atoms. The minimum atomic E-state index is -1.92. The second kappa shape index (κ2) is 15.5. The zero-order valence-electron chi connectivity index (χ0n) is 25.1. The molecule has 20 nitrogen and oxygen atoms in total. The minimum absolute atomic E-state index is 0.715. The molecule has 0 saturated carbocycles. The van der Waals surface area contributed by atoms with Crippen LogP contribution in [0.15, 0.2) is 0 Å². The van der Waals surface area contributed by atoms with Crippen molar-refractivity contribution in [1.29, 1.82) is 0 Å². The number of aliphatic hydroxyl groups is 11. The minimum Gasteiger partial charge on any atom is -0.394 e. The molecule has 0 aromatic rings. The summed E-state index contributed by atoms with van der Waals surface area (Å²) in [5.41, 5.74) is 0. The lowest BCUT2D eigenvalue weighted by Crippen LogP contribution is -2.70. The maximum absolute atomic E-state index is 12.3. The van der Waals surface area contributed by atoms with Crippen LogP contribution >= 0.6 is 0 Å². The lowest BCUT2D eigenvalue weighted by atomic mass is 9.94. The summed E-state index contributed by atoms with van der Waals surface area (Å²) in [5, 5.41) is 117. The van der Waals surface area contributed by atoms with Gasteiger partial charge in [-0.15, -0.1) is 0 Å². The molecule has 268 valence electrons. The third-order valence-electron chi connectivity index (χ3n) is 8.53. The van der Waals surface area contributed by atoms with Gasteiger partial charge in [0, 0.05) is 6.92 Å². The topological polar surface area (TPSA) is 316 Å². The fraction of sp³-hybridized carbons (Fsp3) is 0.962. The standard InChI is InChI=1S/C26H45NO19/c1-6-12(31)16(35)18(37)25(41-6)46-22-17(36)14(33)9(4-28)43-26(22)44-20-11(27-8(3)30)24(42-10(5-29)15(20)34)45-21-13(32)7(2)40-23(39)19(21)38/h6-7,9-26,28-29,31-39H,4-5H2,1-3H3,(H,27,30)/t6-,7-,9+,10+,11+,12-,13-,14-,15+,16+,17-,18+,19+,20+,21+,22+,23+,24+,25-,26+/m0/s1. The van der Waals surface area contributed by atoms with Crippen LogP contribution in [0.5, 0.6) is 0 Å². The van der Waals surface area contributed by atoms with Crippen molar-refractivity contribution in [3.63, 3.8) is 0 Å². The third-order valence-corrected chi connectivity index (χ3v) is 8.53. The smallest absolute Gasteiger partial charge is 0.217 e. The molecule has 4 aliphatic heterocycles. The van der Waals surface area contributed by atoms with Crippen LogP contribution in [-0.4, -0.2) is 198 Å². The Hall–Kier alpha value is -1.25. The van der Waals surface area contributed by atoms with Crippen molar-refractivity contribution in [2.24, 2.45) is 0 Å². The SMILES string of the molecule is CC(=O)N[C@H]1[C@@H](O[C@@H]2[C@@H](O)[C@H](C)O[C@@H](O)[C@@H]2O)O[C@H](CO)[C@@H](O)[C@@H]1O[C@H]1O[C@H](CO)[C@H](O)[C@H](O)[C@H]1O[C@@H]1O[C@@H](C)[C@H](O)[C@@H](O)[C@H]1O. The molecule has 4 rings (SSSR count). The van der Waals surface area contributed by atoms with E-state index in [0.29, 0.717) is 0 Å². The number of hydrogen-bond donors (Lipinski definition) is 12. The first kappa shape index (κ1) is 37.6. The Kier molecular flexibility index (Phi) is 12.7. The van der Waals surface area contributed by atoms with Crippen LogP contribution in [0.1, 0.15) is 20.8 Å². The Labute approximate surface area is 262 Å². The zero-order chi connectivity index (χ0) is 34.2. The quantitative estimate of drug-likeness (QED) is 0.108. The highest BCUT2D eigenvalue weighted by atomic mass is 16.8. The van der Waals surface area contributed by atoms with Crippen LogP contribution in [0.3, 0.4) is 0 Å². The van der Waals surface area contributed by atoms with Gasteiger partial charge in [-0.1, -0.05) is 0 Å². The van der Waals surface area contributed by atoms with Gasteiger partial charge in [0.25, 0.3) is 0 Å². The van der Waals surface area contributed by atoms with E-state index in [9.17, 15) is 61.0 Å². The number of ether oxygens (including phenoxy) is 7. The highest BCUT2D eigenvalue weighted by Gasteiger charge is 2.55. The van der Waals surface area contributed by atoms with Crippen molar-refractivity contribution in [1.82, 2.24) is 5.32 Å². The Morgan fingerprint density at radius 3 is 1.72 bits per heavy atom. The van der Waals surface area contributed by atoms with Crippen LogP contribution in [0, 0.1) is 0 Å². The summed E-state index contributed by atoms with van der Waals surface area (Å²) >= 11 is 0. The average molecular weight is 676 g/mol. The zero-order valence-corrected chi connectivity index (χ0v) is 25.1. The summed E-state index contributed by atoms with van der Waals surface area (Å²) in [4.78, 5) is 12.3. The van der Waals surface area contributed by atoms with Gasteiger partial charge >= 0.3 is 0 Å². The van der Waals surface area contributed by atoms with Gasteiger partial charge in [0.2, 0.25) is 5.91 Å². The predicted molar refractivity (Wildman–Crippen MR) is 143 cm³/mol. The van der Waals surface area contributed by atoms with Crippen LogP contribution in [-0.2, 0) is 38.0 Å². The van der Waals surface area contributed by atoms with Gasteiger partial charge in [0.05, 0.1) is 25.4 Å². The Morgan fingerprint density at radius 1 is 0.565 bits per heavy atom. The van der Waals surface area contributed by atoms with Crippen molar-refractivity contribution in [2.45, 2.75) is 144 Å². The summed E-state index contributed by atoms with van der Waals surface area (Å²) < 4.78 is 39.3. The number of nitrogens with one attached hydrogen (secondary N) is 1.